The fraction of sp³-hybridized carbons (Fsp3) is 0.667. The van der Waals surface area contributed by atoms with Gasteiger partial charge in [-0.2, -0.15) is 0 Å². The predicted molar refractivity (Wildman–Crippen MR) is 70.3 cm³/mol. The number of aliphatic hydroxyl groups excluding tert-OH is 1. The highest BCUT2D eigenvalue weighted by molar-refractivity contribution is 5.02. The summed E-state index contributed by atoms with van der Waals surface area (Å²) in [5, 5.41) is 10.4. The highest BCUT2D eigenvalue weighted by atomic mass is 16.6. The van der Waals surface area contributed by atoms with Crippen molar-refractivity contribution in [2.24, 2.45) is 5.73 Å². The number of aliphatic hydroxyl groups is 1. The summed E-state index contributed by atoms with van der Waals surface area (Å²) in [6.07, 6.45) is -0.775. The third-order valence-corrected chi connectivity index (χ3v) is 3.83. The lowest BCUT2D eigenvalue weighted by Gasteiger charge is -2.29. The van der Waals surface area contributed by atoms with Gasteiger partial charge >= 0.3 is 5.69 Å². The molecule has 0 saturated carbocycles. The van der Waals surface area contributed by atoms with Crippen LogP contribution in [-0.4, -0.2) is 46.1 Å². The van der Waals surface area contributed by atoms with E-state index in [1.54, 1.807) is 0 Å². The summed E-state index contributed by atoms with van der Waals surface area (Å²) < 4.78 is 12.2. The average molecular weight is 285 g/mol. The van der Waals surface area contributed by atoms with Crippen LogP contribution in [0.2, 0.25) is 0 Å². The van der Waals surface area contributed by atoms with E-state index in [-0.39, 0.29) is 6.54 Å². The lowest BCUT2D eigenvalue weighted by molar-refractivity contribution is -0.102. The molecule has 0 bridgehead atoms. The minimum atomic E-state index is -0.971. The summed E-state index contributed by atoms with van der Waals surface area (Å²) in [5.41, 5.74) is 3.61. The van der Waals surface area contributed by atoms with E-state index >= 15 is 0 Å². The van der Waals surface area contributed by atoms with Crippen LogP contribution in [0.25, 0.3) is 0 Å². The summed E-state index contributed by atoms with van der Waals surface area (Å²) in [4.78, 5) is 25.1. The highest BCUT2D eigenvalue weighted by Gasteiger charge is 2.54. The molecule has 8 heteroatoms. The Bertz CT molecular complexity index is 577. The van der Waals surface area contributed by atoms with Gasteiger partial charge in [-0.1, -0.05) is 6.92 Å². The number of hydrogen-bond acceptors (Lipinski definition) is 6. The zero-order valence-corrected chi connectivity index (χ0v) is 11.4. The van der Waals surface area contributed by atoms with Gasteiger partial charge in [-0.3, -0.25) is 14.3 Å². The van der Waals surface area contributed by atoms with Gasteiger partial charge in [0.1, 0.15) is 17.8 Å². The molecule has 4 N–H and O–H groups in total. The molecule has 0 spiro atoms. The molecule has 1 aromatic heterocycles. The number of nitrogens with zero attached hydrogens (tertiary/aromatic N) is 1. The summed E-state index contributed by atoms with van der Waals surface area (Å²) in [5.74, 6) is 0. The number of nitrogens with two attached hydrogens (primary N) is 1. The molecule has 2 heterocycles. The smallest absolute Gasteiger partial charge is 0.330 e. The minimum Gasteiger partial charge on any atom is -0.387 e. The van der Waals surface area contributed by atoms with E-state index in [4.69, 9.17) is 15.2 Å². The molecule has 2 rings (SSSR count). The van der Waals surface area contributed by atoms with E-state index in [0.717, 1.165) is 0 Å². The van der Waals surface area contributed by atoms with Crippen LogP contribution in [0.3, 0.4) is 0 Å². The standard InChI is InChI=1S/C12H19N3O5/c1-3-12(6-13)9(17)8(19-2)10(20-12)15-5-4-7(16)14-11(15)18/h4-5,8-10,17H,3,6,13H2,1-2H3,(H,14,16,18)/t8?,9-,10-,12+/m1/s1. The zero-order valence-electron chi connectivity index (χ0n) is 11.4. The second-order valence-electron chi connectivity index (χ2n) is 4.79. The molecule has 0 aromatic carbocycles. The van der Waals surface area contributed by atoms with E-state index in [1.165, 1.54) is 23.9 Å². The monoisotopic (exact) mass is 285 g/mol. The third-order valence-electron chi connectivity index (χ3n) is 3.83. The molecule has 0 radical (unpaired) electrons. The number of ether oxygens (including phenoxy) is 2. The minimum absolute atomic E-state index is 0.0964. The van der Waals surface area contributed by atoms with Crippen molar-refractivity contribution in [2.75, 3.05) is 13.7 Å². The van der Waals surface area contributed by atoms with Gasteiger partial charge in [0, 0.05) is 25.9 Å². The second kappa shape index (κ2) is 5.49. The van der Waals surface area contributed by atoms with E-state index < -0.39 is 35.3 Å². The number of hydrogen-bond donors (Lipinski definition) is 3. The van der Waals surface area contributed by atoms with Crippen LogP contribution in [0.1, 0.15) is 19.6 Å². The van der Waals surface area contributed by atoms with Gasteiger partial charge in [0.2, 0.25) is 0 Å². The number of aromatic nitrogens is 2. The van der Waals surface area contributed by atoms with E-state index in [1.807, 2.05) is 6.92 Å². The van der Waals surface area contributed by atoms with Gasteiger partial charge in [0.05, 0.1) is 0 Å². The van der Waals surface area contributed by atoms with Crippen LogP contribution >= 0.6 is 0 Å². The molecule has 1 unspecified atom stereocenters. The number of H-pyrrole nitrogens is 1. The number of nitrogens with one attached hydrogen (secondary N) is 1. The van der Waals surface area contributed by atoms with Crippen molar-refractivity contribution in [3.05, 3.63) is 33.1 Å². The maximum atomic E-state index is 11.8. The Morgan fingerprint density at radius 3 is 2.80 bits per heavy atom. The van der Waals surface area contributed by atoms with Crippen LogP contribution in [-0.2, 0) is 9.47 Å². The lowest BCUT2D eigenvalue weighted by atomic mass is 9.92. The molecule has 1 aliphatic rings. The number of aromatic amines is 1. The van der Waals surface area contributed by atoms with Crippen molar-refractivity contribution in [3.8, 4) is 0 Å². The maximum absolute atomic E-state index is 11.8. The molecular formula is C12H19N3O5. The van der Waals surface area contributed by atoms with Crippen LogP contribution in [0.15, 0.2) is 21.9 Å². The molecule has 1 aliphatic heterocycles. The summed E-state index contributed by atoms with van der Waals surface area (Å²) in [6, 6.07) is 1.21. The second-order valence-corrected chi connectivity index (χ2v) is 4.79. The topological polar surface area (TPSA) is 120 Å². The van der Waals surface area contributed by atoms with Crippen molar-refractivity contribution in [2.45, 2.75) is 37.4 Å². The molecule has 112 valence electrons. The Kier molecular flexibility index (Phi) is 4.09. The SMILES string of the molecule is CC[C@@]1(CN)O[C@@H](n2ccc(=O)[nH]c2=O)C(OC)[C@H]1O. The van der Waals surface area contributed by atoms with Gasteiger partial charge in [0.15, 0.2) is 6.23 Å². The highest BCUT2D eigenvalue weighted by Crippen LogP contribution is 2.39. The lowest BCUT2D eigenvalue weighted by Crippen LogP contribution is -2.48. The van der Waals surface area contributed by atoms with Gasteiger partial charge < -0.3 is 20.3 Å². The molecule has 0 amide bonds. The Hall–Kier alpha value is -1.48. The summed E-state index contributed by atoms with van der Waals surface area (Å²) >= 11 is 0. The molecular weight excluding hydrogens is 266 g/mol. The van der Waals surface area contributed by atoms with Crippen LogP contribution in [0.4, 0.5) is 0 Å². The number of methoxy groups -OCH3 is 1. The third kappa shape index (κ3) is 2.20. The van der Waals surface area contributed by atoms with E-state index in [0.29, 0.717) is 6.42 Å². The van der Waals surface area contributed by atoms with E-state index in [2.05, 4.69) is 4.98 Å². The fourth-order valence-electron chi connectivity index (χ4n) is 2.53. The zero-order chi connectivity index (χ0) is 14.9. The molecule has 1 saturated heterocycles. The van der Waals surface area contributed by atoms with Crippen molar-refractivity contribution >= 4 is 0 Å². The first-order valence-corrected chi connectivity index (χ1v) is 6.39. The van der Waals surface area contributed by atoms with Crippen molar-refractivity contribution in [3.63, 3.8) is 0 Å². The molecule has 1 fully saturated rings. The van der Waals surface area contributed by atoms with Crippen LogP contribution < -0.4 is 17.0 Å². The van der Waals surface area contributed by atoms with Gasteiger partial charge in [0.25, 0.3) is 5.56 Å². The Morgan fingerprint density at radius 2 is 2.30 bits per heavy atom. The Morgan fingerprint density at radius 1 is 1.60 bits per heavy atom. The fourth-order valence-corrected chi connectivity index (χ4v) is 2.53. The van der Waals surface area contributed by atoms with Crippen LogP contribution in [0, 0.1) is 0 Å². The van der Waals surface area contributed by atoms with Crippen molar-refractivity contribution in [1.82, 2.24) is 9.55 Å². The predicted octanol–water partition coefficient (Wildman–Crippen LogP) is -1.45. The van der Waals surface area contributed by atoms with E-state index in [9.17, 15) is 14.7 Å². The molecule has 4 atom stereocenters. The number of rotatable bonds is 4. The molecule has 8 nitrogen and oxygen atoms in total. The molecule has 20 heavy (non-hydrogen) atoms. The molecule has 0 aliphatic carbocycles. The quantitative estimate of drug-likeness (QED) is 0.622. The van der Waals surface area contributed by atoms with Gasteiger partial charge in [-0.25, -0.2) is 4.79 Å². The largest absolute Gasteiger partial charge is 0.387 e. The average Bonchev–Trinajstić information content (AvgIpc) is 2.71. The first-order chi connectivity index (χ1) is 9.49. The first-order valence-electron chi connectivity index (χ1n) is 6.39. The van der Waals surface area contributed by atoms with Crippen molar-refractivity contribution in [1.29, 1.82) is 0 Å². The normalized spacial score (nSPS) is 33.5. The Labute approximate surface area is 115 Å². The Balaban J connectivity index is 2.46. The van der Waals surface area contributed by atoms with Crippen molar-refractivity contribution < 1.29 is 14.6 Å². The van der Waals surface area contributed by atoms with Crippen LogP contribution in [0.5, 0.6) is 0 Å². The van der Waals surface area contributed by atoms with Gasteiger partial charge in [-0.15, -0.1) is 0 Å². The summed E-state index contributed by atoms with van der Waals surface area (Å²) in [7, 11) is 1.42. The van der Waals surface area contributed by atoms with Gasteiger partial charge in [-0.05, 0) is 6.42 Å². The maximum Gasteiger partial charge on any atom is 0.330 e. The molecule has 1 aromatic rings. The first kappa shape index (κ1) is 14.9. The summed E-state index contributed by atoms with van der Waals surface area (Å²) in [6.45, 7) is 1.93.